The number of benzene rings is 1. The van der Waals surface area contributed by atoms with Crippen molar-refractivity contribution in [2.24, 2.45) is 4.99 Å². The average molecular weight is 411 g/mol. The van der Waals surface area contributed by atoms with Crippen molar-refractivity contribution in [3.8, 4) is 0 Å². The van der Waals surface area contributed by atoms with Crippen molar-refractivity contribution >= 4 is 56.1 Å². The molecule has 1 saturated heterocycles. The van der Waals surface area contributed by atoms with Crippen LogP contribution in [0.1, 0.15) is 15.9 Å². The van der Waals surface area contributed by atoms with Crippen LogP contribution in [-0.4, -0.2) is 33.3 Å². The van der Waals surface area contributed by atoms with Crippen LogP contribution in [0.15, 0.2) is 46.1 Å². The van der Waals surface area contributed by atoms with E-state index in [1.165, 1.54) is 0 Å². The summed E-state index contributed by atoms with van der Waals surface area (Å²) in [7, 11) is 0. The Bertz CT molecular complexity index is 797. The molecule has 4 nitrogen and oxygen atoms in total. The van der Waals surface area contributed by atoms with Crippen molar-refractivity contribution in [1.29, 1.82) is 0 Å². The van der Waals surface area contributed by atoms with E-state index in [0.717, 1.165) is 21.5 Å². The fraction of sp³-hybridized carbons (Fsp3) is 0.188. The van der Waals surface area contributed by atoms with Crippen LogP contribution in [0.3, 0.4) is 0 Å². The van der Waals surface area contributed by atoms with Gasteiger partial charge in [-0.25, -0.2) is 4.99 Å². The van der Waals surface area contributed by atoms with Crippen LogP contribution >= 0.6 is 39.3 Å². The maximum Gasteiger partial charge on any atom is 0.261 e. The van der Waals surface area contributed by atoms with Crippen LogP contribution in [0.5, 0.6) is 0 Å². The fourth-order valence-electron chi connectivity index (χ4n) is 2.19. The number of nitrogens with zero attached hydrogens (tertiary/aromatic N) is 3. The van der Waals surface area contributed by atoms with Gasteiger partial charge in [0.25, 0.3) is 5.91 Å². The predicted octanol–water partition coefficient (Wildman–Crippen LogP) is 4.68. The second-order valence-electron chi connectivity index (χ2n) is 4.98. The Morgan fingerprint density at radius 2 is 2.26 bits per heavy atom. The molecule has 0 saturated carbocycles. The molecule has 1 fully saturated rings. The lowest BCUT2D eigenvalue weighted by Gasteiger charge is -2.16. The van der Waals surface area contributed by atoms with Gasteiger partial charge in [0.2, 0.25) is 0 Å². The predicted molar refractivity (Wildman–Crippen MR) is 98.7 cm³/mol. The first kappa shape index (κ1) is 16.5. The van der Waals surface area contributed by atoms with E-state index in [2.05, 4.69) is 25.9 Å². The number of pyridine rings is 1. The molecule has 0 atom stereocenters. The number of amides is 1. The summed E-state index contributed by atoms with van der Waals surface area (Å²) in [6.07, 6.45) is 3.22. The molecule has 0 bridgehead atoms. The zero-order valence-electron chi connectivity index (χ0n) is 12.3. The summed E-state index contributed by atoms with van der Waals surface area (Å²) < 4.78 is 0.777. The number of thioether (sulfide) groups is 1. The fourth-order valence-corrected chi connectivity index (χ4v) is 3.67. The van der Waals surface area contributed by atoms with Gasteiger partial charge in [-0.1, -0.05) is 29.4 Å². The van der Waals surface area contributed by atoms with Gasteiger partial charge in [0.05, 0.1) is 11.3 Å². The molecular weight excluding hydrogens is 398 g/mol. The number of aromatic nitrogens is 1. The number of amidine groups is 1. The van der Waals surface area contributed by atoms with Gasteiger partial charge in [-0.2, -0.15) is 0 Å². The van der Waals surface area contributed by atoms with Crippen LogP contribution in [-0.2, 0) is 0 Å². The van der Waals surface area contributed by atoms with Gasteiger partial charge < -0.3 is 0 Å². The maximum absolute atomic E-state index is 12.7. The average Bonchev–Trinajstić information content (AvgIpc) is 2.99. The minimum Gasteiger partial charge on any atom is -0.286 e. The Labute approximate surface area is 152 Å². The van der Waals surface area contributed by atoms with E-state index in [0.29, 0.717) is 22.3 Å². The number of hydrogen-bond donors (Lipinski definition) is 0. The molecule has 0 unspecified atom stereocenters. The van der Waals surface area contributed by atoms with E-state index in [4.69, 9.17) is 11.6 Å². The minimum absolute atomic E-state index is 0.0952. The molecule has 1 aliphatic rings. The summed E-state index contributed by atoms with van der Waals surface area (Å²) in [6, 6.07) is 7.36. The molecule has 0 spiro atoms. The van der Waals surface area contributed by atoms with Gasteiger partial charge in [-0.15, -0.1) is 0 Å². The van der Waals surface area contributed by atoms with E-state index in [-0.39, 0.29) is 5.91 Å². The molecule has 0 aliphatic carbocycles. The Kier molecular flexibility index (Phi) is 5.04. The third kappa shape index (κ3) is 3.59. The lowest BCUT2D eigenvalue weighted by molar-refractivity contribution is 0.0859. The highest BCUT2D eigenvalue weighted by Crippen LogP contribution is 2.29. The largest absolute Gasteiger partial charge is 0.286 e. The second kappa shape index (κ2) is 7.03. The summed E-state index contributed by atoms with van der Waals surface area (Å²) in [4.78, 5) is 23.1. The molecule has 1 aliphatic heterocycles. The van der Waals surface area contributed by atoms with Crippen LogP contribution in [0.25, 0.3) is 0 Å². The zero-order valence-corrected chi connectivity index (χ0v) is 15.5. The maximum atomic E-state index is 12.7. The van der Waals surface area contributed by atoms with Crippen molar-refractivity contribution in [2.45, 2.75) is 6.92 Å². The third-order valence-electron chi connectivity index (χ3n) is 3.43. The number of rotatable bonds is 2. The van der Waals surface area contributed by atoms with Crippen LogP contribution < -0.4 is 0 Å². The first-order valence-electron chi connectivity index (χ1n) is 6.95. The molecule has 3 rings (SSSR count). The first-order valence-corrected chi connectivity index (χ1v) is 9.11. The van der Waals surface area contributed by atoms with Crippen molar-refractivity contribution in [2.75, 3.05) is 12.3 Å². The molecule has 1 aromatic carbocycles. The van der Waals surface area contributed by atoms with Crippen LogP contribution in [0, 0.1) is 6.92 Å². The minimum atomic E-state index is -0.0952. The SMILES string of the molecule is Cc1c(Cl)cccc1N=C1SCCN1C(=O)c1cncc(Br)c1. The lowest BCUT2D eigenvalue weighted by atomic mass is 10.2. The quantitative estimate of drug-likeness (QED) is 0.722. The second-order valence-corrected chi connectivity index (χ2v) is 7.36. The highest BCUT2D eigenvalue weighted by atomic mass is 79.9. The Morgan fingerprint density at radius 3 is 3.04 bits per heavy atom. The molecule has 23 heavy (non-hydrogen) atoms. The molecule has 2 aromatic rings. The van der Waals surface area contributed by atoms with Gasteiger partial charge in [-0.05, 0) is 46.6 Å². The summed E-state index contributed by atoms with van der Waals surface area (Å²) in [5.41, 5.74) is 2.23. The van der Waals surface area contributed by atoms with Gasteiger partial charge in [-0.3, -0.25) is 14.7 Å². The highest BCUT2D eigenvalue weighted by Gasteiger charge is 2.27. The Balaban J connectivity index is 1.92. The van der Waals surface area contributed by atoms with Crippen molar-refractivity contribution in [3.05, 3.63) is 57.3 Å². The Hall–Kier alpha value is -1.37. The van der Waals surface area contributed by atoms with Crippen LogP contribution in [0.2, 0.25) is 5.02 Å². The van der Waals surface area contributed by atoms with Gasteiger partial charge >= 0.3 is 0 Å². The van der Waals surface area contributed by atoms with Gasteiger partial charge in [0, 0.05) is 34.2 Å². The zero-order chi connectivity index (χ0) is 16.4. The number of hydrogen-bond acceptors (Lipinski definition) is 4. The van der Waals surface area contributed by atoms with Gasteiger partial charge in [0.1, 0.15) is 0 Å². The monoisotopic (exact) mass is 409 g/mol. The summed E-state index contributed by atoms with van der Waals surface area (Å²) in [5.74, 6) is 0.730. The van der Waals surface area contributed by atoms with E-state index in [1.807, 2.05) is 25.1 Å². The number of aliphatic imine (C=N–C) groups is 1. The van der Waals surface area contributed by atoms with Crippen molar-refractivity contribution in [3.63, 3.8) is 0 Å². The first-order chi connectivity index (χ1) is 11.1. The Morgan fingerprint density at radius 1 is 1.43 bits per heavy atom. The van der Waals surface area contributed by atoms with E-state index < -0.39 is 0 Å². The molecule has 0 radical (unpaired) electrons. The smallest absolute Gasteiger partial charge is 0.261 e. The molecule has 1 amide bonds. The summed E-state index contributed by atoms with van der Waals surface area (Å²) >= 11 is 11.1. The third-order valence-corrected chi connectivity index (χ3v) is 5.23. The topological polar surface area (TPSA) is 45.6 Å². The summed E-state index contributed by atoms with van der Waals surface area (Å²) in [6.45, 7) is 2.56. The standard InChI is InChI=1S/C16H13BrClN3OS/c1-10-13(18)3-2-4-14(10)20-16-21(5-6-23-16)15(22)11-7-12(17)9-19-8-11/h2-4,7-9H,5-6H2,1H3. The molecule has 0 N–H and O–H groups in total. The van der Waals surface area contributed by atoms with Gasteiger partial charge in [0.15, 0.2) is 5.17 Å². The molecule has 1 aromatic heterocycles. The number of halogens is 2. The summed E-state index contributed by atoms with van der Waals surface area (Å²) in [5, 5.41) is 1.37. The normalized spacial score (nSPS) is 16.1. The van der Waals surface area contributed by atoms with E-state index in [1.54, 1.807) is 35.1 Å². The van der Waals surface area contributed by atoms with Crippen molar-refractivity contribution < 1.29 is 4.79 Å². The van der Waals surface area contributed by atoms with Crippen LogP contribution in [0.4, 0.5) is 5.69 Å². The number of carbonyl (C=O) groups is 1. The molecular formula is C16H13BrClN3OS. The highest BCUT2D eigenvalue weighted by molar-refractivity contribution is 9.10. The molecule has 2 heterocycles. The number of carbonyl (C=O) groups excluding carboxylic acids is 1. The van der Waals surface area contributed by atoms with Crippen molar-refractivity contribution in [1.82, 2.24) is 9.88 Å². The van der Waals surface area contributed by atoms with E-state index >= 15 is 0 Å². The molecule has 7 heteroatoms. The lowest BCUT2D eigenvalue weighted by Crippen LogP contribution is -2.31. The molecule has 118 valence electrons. The van der Waals surface area contributed by atoms with E-state index in [9.17, 15) is 4.79 Å².